The third kappa shape index (κ3) is 7.33. The molecule has 5 rings (SSSR count). The zero-order valence-corrected chi connectivity index (χ0v) is 27.2. The number of carbonyl (C=O) groups is 2. The summed E-state index contributed by atoms with van der Waals surface area (Å²) in [5.41, 5.74) is 1.34. The summed E-state index contributed by atoms with van der Waals surface area (Å²) in [5, 5.41) is 7.75. The van der Waals surface area contributed by atoms with Crippen molar-refractivity contribution < 1.29 is 37.0 Å². The number of hydrogen-bond acceptors (Lipinski definition) is 7. The fourth-order valence-electron chi connectivity index (χ4n) is 6.06. The molecule has 3 aromatic rings. The molecule has 0 N–H and O–H groups in total. The molecule has 3 heterocycles. The predicted molar refractivity (Wildman–Crippen MR) is 164 cm³/mol. The number of carbonyl (C=O) groups excluding carboxylic acids is 2. The van der Waals surface area contributed by atoms with Gasteiger partial charge in [-0.15, -0.1) is 10.2 Å². The van der Waals surface area contributed by atoms with Crippen LogP contribution in [0.1, 0.15) is 93.9 Å². The minimum absolute atomic E-state index is 0.0645. The van der Waals surface area contributed by atoms with Crippen molar-refractivity contribution in [1.29, 1.82) is 0 Å². The van der Waals surface area contributed by atoms with Crippen molar-refractivity contribution in [3.8, 4) is 11.4 Å². The van der Waals surface area contributed by atoms with E-state index in [1.165, 1.54) is 12.1 Å². The van der Waals surface area contributed by atoms with Crippen molar-refractivity contribution in [3.05, 3.63) is 69.8 Å². The largest absolute Gasteiger partial charge is 0.494 e. The first-order valence-electron chi connectivity index (χ1n) is 15.4. The van der Waals surface area contributed by atoms with Gasteiger partial charge in [-0.1, -0.05) is 23.7 Å². The van der Waals surface area contributed by atoms with Gasteiger partial charge < -0.3 is 19.1 Å². The number of amides is 1. The molecule has 0 unspecified atom stereocenters. The summed E-state index contributed by atoms with van der Waals surface area (Å²) in [7, 11) is 0. The Morgan fingerprint density at radius 2 is 1.76 bits per heavy atom. The van der Waals surface area contributed by atoms with Crippen LogP contribution in [0.4, 0.5) is 13.2 Å². The maximum Gasteiger partial charge on any atom is 0.452 e. The van der Waals surface area contributed by atoms with Crippen molar-refractivity contribution in [3.63, 3.8) is 0 Å². The molecular weight excluding hydrogens is 625 g/mol. The van der Waals surface area contributed by atoms with E-state index in [1.54, 1.807) is 17.0 Å². The minimum Gasteiger partial charge on any atom is -0.494 e. The van der Waals surface area contributed by atoms with Crippen LogP contribution in [0.3, 0.4) is 0 Å². The molecule has 46 heavy (non-hydrogen) atoms. The number of halogens is 4. The predicted octanol–water partition coefficient (Wildman–Crippen LogP) is 7.17. The highest BCUT2D eigenvalue weighted by molar-refractivity contribution is 6.30. The van der Waals surface area contributed by atoms with Crippen LogP contribution in [-0.2, 0) is 25.2 Å². The molecule has 0 radical (unpaired) electrons. The average Bonchev–Trinajstić information content (AvgIpc) is 3.37. The van der Waals surface area contributed by atoms with Crippen LogP contribution in [0.15, 0.2) is 36.4 Å². The molecule has 13 heteroatoms. The molecule has 0 aliphatic carbocycles. The summed E-state index contributed by atoms with van der Waals surface area (Å²) in [6, 6.07) is 9.96. The van der Waals surface area contributed by atoms with E-state index < -0.39 is 29.8 Å². The molecule has 0 saturated carbocycles. The van der Waals surface area contributed by atoms with Gasteiger partial charge in [0.1, 0.15) is 23.6 Å². The number of nitrogens with zero attached hydrogens (tertiary/aromatic N) is 4. The van der Waals surface area contributed by atoms with Crippen LogP contribution >= 0.6 is 11.6 Å². The van der Waals surface area contributed by atoms with Gasteiger partial charge in [0.25, 0.3) is 0 Å². The Kier molecular flexibility index (Phi) is 9.70. The monoisotopic (exact) mass is 662 g/mol. The van der Waals surface area contributed by atoms with Crippen LogP contribution < -0.4 is 4.74 Å². The molecule has 2 aromatic carbocycles. The Morgan fingerprint density at radius 3 is 2.41 bits per heavy atom. The molecular formula is C33H38ClF3N4O5. The Hall–Kier alpha value is -3.64. The van der Waals surface area contributed by atoms with E-state index in [1.807, 2.05) is 46.8 Å². The number of benzene rings is 2. The molecule has 1 aromatic heterocycles. The number of ether oxygens (including phenoxy) is 3. The lowest BCUT2D eigenvalue weighted by molar-refractivity contribution is -0.156. The Balaban J connectivity index is 1.47. The second-order valence-electron chi connectivity index (χ2n) is 12.6. The van der Waals surface area contributed by atoms with Crippen molar-refractivity contribution >= 4 is 23.5 Å². The summed E-state index contributed by atoms with van der Waals surface area (Å²) in [5.74, 6) is -1.27. The van der Waals surface area contributed by atoms with Crippen molar-refractivity contribution in [1.82, 2.24) is 19.7 Å². The highest BCUT2D eigenvalue weighted by Gasteiger charge is 2.44. The number of likely N-dealkylation sites (tertiary alicyclic amines) is 1. The topological polar surface area (TPSA) is 95.8 Å². The van der Waals surface area contributed by atoms with Gasteiger partial charge in [0.15, 0.2) is 5.82 Å². The van der Waals surface area contributed by atoms with Crippen molar-refractivity contribution in [2.45, 2.75) is 84.3 Å². The Morgan fingerprint density at radius 1 is 1.04 bits per heavy atom. The fraction of sp³-hybridized carbons (Fsp3) is 0.515. The number of piperidine rings is 1. The van der Waals surface area contributed by atoms with Crippen LogP contribution in [0, 0.1) is 12.8 Å². The molecule has 1 saturated heterocycles. The summed E-state index contributed by atoms with van der Waals surface area (Å²) < 4.78 is 61.8. The molecule has 0 bridgehead atoms. The lowest BCUT2D eigenvalue weighted by atomic mass is 9.93. The number of aromatic nitrogens is 3. The highest BCUT2D eigenvalue weighted by Crippen LogP contribution is 2.45. The third-order valence-electron chi connectivity index (χ3n) is 8.15. The first-order chi connectivity index (χ1) is 21.7. The van der Waals surface area contributed by atoms with Crippen LogP contribution in [0.2, 0.25) is 5.02 Å². The van der Waals surface area contributed by atoms with E-state index in [9.17, 15) is 22.8 Å². The summed E-state index contributed by atoms with van der Waals surface area (Å²) >= 11 is 6.40. The lowest BCUT2D eigenvalue weighted by Crippen LogP contribution is -2.40. The zero-order chi connectivity index (χ0) is 33.4. The first-order valence-corrected chi connectivity index (χ1v) is 15.7. The van der Waals surface area contributed by atoms with Gasteiger partial charge in [-0.25, -0.2) is 0 Å². The van der Waals surface area contributed by atoms with E-state index in [2.05, 4.69) is 10.2 Å². The molecule has 2 aliphatic heterocycles. The second-order valence-corrected chi connectivity index (χ2v) is 13.1. The number of fused-ring (bicyclic) bond motifs is 3. The zero-order valence-electron chi connectivity index (χ0n) is 26.5. The fourth-order valence-corrected chi connectivity index (χ4v) is 6.24. The van der Waals surface area contributed by atoms with Crippen LogP contribution in [0.25, 0.3) is 5.69 Å². The lowest BCUT2D eigenvalue weighted by Gasteiger charge is -2.33. The maximum atomic E-state index is 14.3. The van der Waals surface area contributed by atoms with Gasteiger partial charge in [-0.2, -0.15) is 13.2 Å². The van der Waals surface area contributed by atoms with Gasteiger partial charge in [0, 0.05) is 30.1 Å². The summed E-state index contributed by atoms with van der Waals surface area (Å²) in [4.78, 5) is 27.7. The van der Waals surface area contributed by atoms with E-state index >= 15 is 0 Å². The normalized spacial score (nSPS) is 18.8. The number of alkyl halides is 3. The van der Waals surface area contributed by atoms with Gasteiger partial charge in [-0.3, -0.25) is 14.2 Å². The summed E-state index contributed by atoms with van der Waals surface area (Å²) in [6.07, 6.45) is -5.73. The van der Waals surface area contributed by atoms with E-state index in [0.29, 0.717) is 54.4 Å². The van der Waals surface area contributed by atoms with E-state index in [-0.39, 0.29) is 42.1 Å². The molecule has 248 valence electrons. The van der Waals surface area contributed by atoms with Gasteiger partial charge in [0.2, 0.25) is 11.7 Å². The van der Waals surface area contributed by atoms with E-state index in [0.717, 1.165) is 10.1 Å². The molecule has 2 atom stereocenters. The Labute approximate surface area is 271 Å². The SMILES string of the molecule is CCOc1cccc([C@H]2O[C@H](CC(=O)N3CCC(CC(=O)OC(C)(C)C)CC3)c3nnc(C(F)(F)F)n3-c3ccc(Cl)cc32)c1C. The number of rotatable bonds is 7. The van der Waals surface area contributed by atoms with Gasteiger partial charge in [-0.05, 0) is 88.8 Å². The standard InChI is InChI=1S/C33H38ClF3N4O5/c1-6-44-25-9-7-8-22(19(25)2)29-23-17-21(34)10-11-24(23)41-30(38-39-31(41)33(35,36)37)26(45-29)18-27(42)40-14-12-20(13-15-40)16-28(43)46-32(3,4)5/h7-11,17,20,26,29H,6,12-16,18H2,1-5H3/t26-,29-/m1/s1. The van der Waals surface area contributed by atoms with Crippen molar-refractivity contribution in [2.24, 2.45) is 5.92 Å². The average molecular weight is 663 g/mol. The van der Waals surface area contributed by atoms with Crippen LogP contribution in [-0.4, -0.2) is 56.8 Å². The van der Waals surface area contributed by atoms with Crippen molar-refractivity contribution in [2.75, 3.05) is 19.7 Å². The molecule has 1 amide bonds. The minimum atomic E-state index is -4.84. The molecule has 1 fully saturated rings. The van der Waals surface area contributed by atoms with Gasteiger partial charge >= 0.3 is 12.1 Å². The maximum absolute atomic E-state index is 14.3. The molecule has 0 spiro atoms. The summed E-state index contributed by atoms with van der Waals surface area (Å²) in [6.45, 7) is 10.4. The Bertz CT molecular complexity index is 1590. The van der Waals surface area contributed by atoms with Gasteiger partial charge in [0.05, 0.1) is 18.7 Å². The second kappa shape index (κ2) is 13.2. The van der Waals surface area contributed by atoms with E-state index in [4.69, 9.17) is 25.8 Å². The number of esters is 1. The molecule has 9 nitrogen and oxygen atoms in total. The molecule has 2 aliphatic rings. The van der Waals surface area contributed by atoms with Crippen LogP contribution in [0.5, 0.6) is 5.75 Å². The highest BCUT2D eigenvalue weighted by atomic mass is 35.5. The quantitative estimate of drug-likeness (QED) is 0.248. The first kappa shape index (κ1) is 33.7. The smallest absolute Gasteiger partial charge is 0.452 e. The number of hydrogen-bond donors (Lipinski definition) is 0. The third-order valence-corrected chi connectivity index (χ3v) is 8.39.